The van der Waals surface area contributed by atoms with Gasteiger partial charge >= 0.3 is 5.97 Å². The second-order valence-corrected chi connectivity index (χ2v) is 5.63. The van der Waals surface area contributed by atoms with Crippen LogP contribution in [0.3, 0.4) is 0 Å². The Bertz CT molecular complexity index is 481. The molecule has 1 heterocycles. The van der Waals surface area contributed by atoms with Crippen LogP contribution in [0.15, 0.2) is 12.3 Å². The summed E-state index contributed by atoms with van der Waals surface area (Å²) in [6, 6.07) is 1.45. The molecule has 1 aromatic heterocycles. The average Bonchev–Trinajstić information content (AvgIpc) is 2.46. The average molecular weight is 299 g/mol. The number of rotatable bonds is 5. The van der Waals surface area contributed by atoms with Gasteiger partial charge in [0.2, 0.25) is 0 Å². The summed E-state index contributed by atoms with van der Waals surface area (Å²) in [6.45, 7) is 0.902. The van der Waals surface area contributed by atoms with Crippen molar-refractivity contribution in [3.63, 3.8) is 0 Å². The predicted octanol–water partition coefficient (Wildman–Crippen LogP) is 2.64. The lowest BCUT2D eigenvalue weighted by Gasteiger charge is -2.30. The molecule has 0 amide bonds. The maximum atomic E-state index is 11.0. The number of aromatic nitrogens is 1. The van der Waals surface area contributed by atoms with Gasteiger partial charge in [0, 0.05) is 19.3 Å². The molecule has 20 heavy (non-hydrogen) atoms. The van der Waals surface area contributed by atoms with Crippen LogP contribution < -0.4 is 5.32 Å². The van der Waals surface area contributed by atoms with E-state index in [2.05, 4.69) is 10.3 Å². The Morgan fingerprint density at radius 2 is 2.10 bits per heavy atom. The number of halogens is 1. The summed E-state index contributed by atoms with van der Waals surface area (Å²) in [6.07, 6.45) is 5.83. The molecule has 0 radical (unpaired) electrons. The Morgan fingerprint density at radius 1 is 1.40 bits per heavy atom. The van der Waals surface area contributed by atoms with E-state index in [0.29, 0.717) is 24.2 Å². The zero-order chi connectivity index (χ0) is 14.5. The molecule has 1 aliphatic rings. The number of carboxylic acids is 1. The first kappa shape index (κ1) is 15.1. The van der Waals surface area contributed by atoms with Crippen LogP contribution in [0.4, 0.5) is 5.82 Å². The Kier molecular flexibility index (Phi) is 5.20. The Morgan fingerprint density at radius 3 is 2.75 bits per heavy atom. The van der Waals surface area contributed by atoms with E-state index in [4.69, 9.17) is 16.7 Å². The maximum absolute atomic E-state index is 11.0. The first-order valence-electron chi connectivity index (χ1n) is 6.85. The lowest BCUT2D eigenvalue weighted by molar-refractivity contribution is 0.0697. The number of hydrogen-bond acceptors (Lipinski definition) is 4. The van der Waals surface area contributed by atoms with E-state index in [0.717, 1.165) is 12.8 Å². The van der Waals surface area contributed by atoms with Gasteiger partial charge in [-0.25, -0.2) is 9.78 Å². The standard InChI is InChI=1S/C14H19ClN2O3/c15-12-7-17-13(5-11(12)14(19)20)16-6-9-3-1-2-4-10(9)8-18/h5,7,9-10,18H,1-4,6,8H2,(H,16,17)(H,19,20). The predicted molar refractivity (Wildman–Crippen MR) is 77.2 cm³/mol. The molecule has 0 saturated heterocycles. The normalized spacial score (nSPS) is 22.5. The molecule has 0 aromatic carbocycles. The van der Waals surface area contributed by atoms with Gasteiger partial charge in [0.1, 0.15) is 5.82 Å². The largest absolute Gasteiger partial charge is 0.478 e. The highest BCUT2D eigenvalue weighted by Crippen LogP contribution is 2.30. The van der Waals surface area contributed by atoms with Crippen molar-refractivity contribution in [1.29, 1.82) is 0 Å². The molecule has 110 valence electrons. The zero-order valence-electron chi connectivity index (χ0n) is 11.2. The molecule has 1 saturated carbocycles. The summed E-state index contributed by atoms with van der Waals surface area (Å²) in [5.74, 6) is 0.169. The molecular weight excluding hydrogens is 280 g/mol. The lowest BCUT2D eigenvalue weighted by atomic mass is 9.79. The van der Waals surface area contributed by atoms with Crippen LogP contribution in [0, 0.1) is 11.8 Å². The highest BCUT2D eigenvalue weighted by atomic mass is 35.5. The fourth-order valence-corrected chi connectivity index (χ4v) is 2.91. The molecule has 0 aliphatic heterocycles. The van der Waals surface area contributed by atoms with Gasteiger partial charge in [0.05, 0.1) is 10.6 Å². The van der Waals surface area contributed by atoms with Crippen molar-refractivity contribution in [3.8, 4) is 0 Å². The van der Waals surface area contributed by atoms with Gasteiger partial charge in [-0.3, -0.25) is 0 Å². The van der Waals surface area contributed by atoms with E-state index in [9.17, 15) is 9.90 Å². The molecule has 2 atom stereocenters. The van der Waals surface area contributed by atoms with Crippen molar-refractivity contribution in [2.75, 3.05) is 18.5 Å². The SMILES string of the molecule is O=C(O)c1cc(NCC2CCCCC2CO)ncc1Cl. The second kappa shape index (κ2) is 6.90. The minimum atomic E-state index is -1.06. The van der Waals surface area contributed by atoms with Crippen LogP contribution >= 0.6 is 11.6 Å². The second-order valence-electron chi connectivity index (χ2n) is 5.22. The van der Waals surface area contributed by atoms with Crippen molar-refractivity contribution >= 4 is 23.4 Å². The van der Waals surface area contributed by atoms with Gasteiger partial charge in [-0.1, -0.05) is 24.4 Å². The topological polar surface area (TPSA) is 82.5 Å². The molecule has 3 N–H and O–H groups in total. The summed E-state index contributed by atoms with van der Waals surface area (Å²) in [7, 11) is 0. The van der Waals surface area contributed by atoms with E-state index >= 15 is 0 Å². The number of aliphatic hydroxyl groups is 1. The third kappa shape index (κ3) is 3.61. The Hall–Kier alpha value is -1.33. The van der Waals surface area contributed by atoms with Crippen molar-refractivity contribution in [3.05, 3.63) is 22.8 Å². The third-order valence-electron chi connectivity index (χ3n) is 3.93. The summed E-state index contributed by atoms with van der Waals surface area (Å²) in [5, 5.41) is 21.7. The quantitative estimate of drug-likeness (QED) is 0.778. The highest BCUT2D eigenvalue weighted by molar-refractivity contribution is 6.33. The van der Waals surface area contributed by atoms with Gasteiger partial charge in [0.15, 0.2) is 0 Å². The molecule has 0 bridgehead atoms. The summed E-state index contributed by atoms with van der Waals surface area (Å²) < 4.78 is 0. The molecule has 0 spiro atoms. The first-order chi connectivity index (χ1) is 9.61. The van der Waals surface area contributed by atoms with Crippen molar-refractivity contribution in [2.24, 2.45) is 11.8 Å². The fourth-order valence-electron chi connectivity index (χ4n) is 2.73. The van der Waals surface area contributed by atoms with E-state index in [1.165, 1.54) is 25.1 Å². The number of nitrogens with zero attached hydrogens (tertiary/aromatic N) is 1. The molecule has 6 heteroatoms. The van der Waals surface area contributed by atoms with Crippen LogP contribution in [-0.2, 0) is 0 Å². The molecule has 5 nitrogen and oxygen atoms in total. The number of aliphatic hydroxyl groups excluding tert-OH is 1. The molecular formula is C14H19ClN2O3. The van der Waals surface area contributed by atoms with Gasteiger partial charge in [-0.2, -0.15) is 0 Å². The minimum Gasteiger partial charge on any atom is -0.478 e. The van der Waals surface area contributed by atoms with Gasteiger partial charge < -0.3 is 15.5 Å². The van der Waals surface area contributed by atoms with E-state index < -0.39 is 5.97 Å². The molecule has 1 fully saturated rings. The van der Waals surface area contributed by atoms with Crippen LogP contribution in [-0.4, -0.2) is 34.3 Å². The van der Waals surface area contributed by atoms with E-state index in [1.807, 2.05) is 0 Å². The number of aromatic carboxylic acids is 1. The maximum Gasteiger partial charge on any atom is 0.337 e. The Balaban J connectivity index is 1.99. The number of carboxylic acid groups (broad SMARTS) is 1. The fraction of sp³-hybridized carbons (Fsp3) is 0.571. The van der Waals surface area contributed by atoms with E-state index in [1.54, 1.807) is 0 Å². The first-order valence-corrected chi connectivity index (χ1v) is 7.23. The number of pyridine rings is 1. The van der Waals surface area contributed by atoms with Crippen molar-refractivity contribution in [1.82, 2.24) is 4.98 Å². The van der Waals surface area contributed by atoms with Gasteiger partial charge in [-0.05, 0) is 30.7 Å². The zero-order valence-corrected chi connectivity index (χ0v) is 11.9. The molecule has 1 aliphatic carbocycles. The number of anilines is 1. The van der Waals surface area contributed by atoms with Crippen LogP contribution in [0.2, 0.25) is 5.02 Å². The smallest absolute Gasteiger partial charge is 0.337 e. The molecule has 2 rings (SSSR count). The Labute approximate surface area is 123 Å². The van der Waals surface area contributed by atoms with E-state index in [-0.39, 0.29) is 17.2 Å². The van der Waals surface area contributed by atoms with Gasteiger partial charge in [-0.15, -0.1) is 0 Å². The summed E-state index contributed by atoms with van der Waals surface area (Å²) in [4.78, 5) is 15.1. The summed E-state index contributed by atoms with van der Waals surface area (Å²) in [5.41, 5.74) is 0.0477. The van der Waals surface area contributed by atoms with Crippen LogP contribution in [0.25, 0.3) is 0 Å². The third-order valence-corrected chi connectivity index (χ3v) is 4.23. The van der Waals surface area contributed by atoms with Gasteiger partial charge in [0.25, 0.3) is 0 Å². The monoisotopic (exact) mass is 298 g/mol. The summed E-state index contributed by atoms with van der Waals surface area (Å²) >= 11 is 5.78. The minimum absolute atomic E-state index is 0.0477. The molecule has 2 unspecified atom stereocenters. The number of hydrogen-bond donors (Lipinski definition) is 3. The highest BCUT2D eigenvalue weighted by Gasteiger charge is 2.24. The van der Waals surface area contributed by atoms with Crippen LogP contribution in [0.5, 0.6) is 0 Å². The van der Waals surface area contributed by atoms with Crippen LogP contribution in [0.1, 0.15) is 36.0 Å². The number of nitrogens with one attached hydrogen (secondary N) is 1. The van der Waals surface area contributed by atoms with Crippen molar-refractivity contribution in [2.45, 2.75) is 25.7 Å². The van der Waals surface area contributed by atoms with Crippen molar-refractivity contribution < 1.29 is 15.0 Å². The molecule has 1 aromatic rings. The number of carbonyl (C=O) groups is 1. The lowest BCUT2D eigenvalue weighted by Crippen LogP contribution is -2.28.